The van der Waals surface area contributed by atoms with E-state index in [-0.39, 0.29) is 11.3 Å². The Kier molecular flexibility index (Phi) is 9.51. The van der Waals surface area contributed by atoms with Gasteiger partial charge in [-0.2, -0.15) is 0 Å². The number of hydrogen-bond acceptors (Lipinski definition) is 5. The van der Waals surface area contributed by atoms with Crippen LogP contribution in [0.1, 0.15) is 35.1 Å². The molecular weight excluding hydrogens is 839 g/mol. The van der Waals surface area contributed by atoms with Crippen molar-refractivity contribution < 1.29 is 0 Å². The van der Waals surface area contributed by atoms with Crippen molar-refractivity contribution in [1.29, 1.82) is 0 Å². The van der Waals surface area contributed by atoms with E-state index in [9.17, 15) is 0 Å². The molecule has 69 heavy (non-hydrogen) atoms. The number of allylic oxidation sites excluding steroid dienone is 3. The molecule has 2 aromatic heterocycles. The molecule has 10 aromatic rings. The topological polar surface area (TPSA) is 54.8 Å². The molecule has 0 saturated carbocycles. The fourth-order valence-electron chi connectivity index (χ4n) is 11.6. The van der Waals surface area contributed by atoms with E-state index in [0.29, 0.717) is 17.5 Å². The van der Waals surface area contributed by atoms with Crippen molar-refractivity contribution in [3.05, 3.63) is 277 Å². The summed E-state index contributed by atoms with van der Waals surface area (Å²) in [7, 11) is 0. The fraction of sp³-hybridized carbons (Fsp3) is 0.0625. The molecule has 2 heterocycles. The number of pyridine rings is 1. The Bertz CT molecular complexity index is 3540. The van der Waals surface area contributed by atoms with Crippen LogP contribution in [0.2, 0.25) is 0 Å². The molecule has 0 radical (unpaired) electrons. The van der Waals surface area contributed by atoms with Crippen molar-refractivity contribution >= 4 is 11.4 Å². The molecule has 2 atom stereocenters. The predicted molar refractivity (Wildman–Crippen MR) is 280 cm³/mol. The van der Waals surface area contributed by atoms with Gasteiger partial charge in [-0.1, -0.05) is 201 Å². The van der Waals surface area contributed by atoms with Crippen molar-refractivity contribution in [2.24, 2.45) is 5.41 Å². The molecule has 0 aliphatic heterocycles. The zero-order valence-electron chi connectivity index (χ0n) is 38.0. The quantitative estimate of drug-likeness (QED) is 0.152. The van der Waals surface area contributed by atoms with Crippen LogP contribution in [0.25, 0.3) is 67.5 Å². The first kappa shape index (κ1) is 40.5. The SMILES string of the molecule is CC12C=C(N(c3ccc(-c4cccnc4)cc3)c3cccc(-c4cccc(-c5nc(-c6ccccc6)nc(-c6ccccc6)n5)c4)c3)C=CC1c1ccccc1C21c2ccccc2-c2ccccc21. The molecule has 13 rings (SSSR count). The largest absolute Gasteiger partial charge is 0.311 e. The first-order chi connectivity index (χ1) is 34.1. The number of rotatable bonds is 8. The maximum Gasteiger partial charge on any atom is 0.164 e. The van der Waals surface area contributed by atoms with E-state index in [4.69, 9.17) is 15.0 Å². The molecule has 2 unspecified atom stereocenters. The molecule has 0 amide bonds. The monoisotopic (exact) mass is 883 g/mol. The van der Waals surface area contributed by atoms with Gasteiger partial charge in [0.1, 0.15) is 0 Å². The molecule has 0 bridgehead atoms. The van der Waals surface area contributed by atoms with Gasteiger partial charge >= 0.3 is 0 Å². The smallest absolute Gasteiger partial charge is 0.164 e. The molecule has 0 saturated heterocycles. The third-order valence-electron chi connectivity index (χ3n) is 14.6. The normalized spacial score (nSPS) is 16.8. The average Bonchev–Trinajstić information content (AvgIpc) is 3.86. The minimum absolute atomic E-state index is 0.153. The number of hydrogen-bond donors (Lipinski definition) is 0. The van der Waals surface area contributed by atoms with E-state index < -0.39 is 5.41 Å². The molecule has 326 valence electrons. The van der Waals surface area contributed by atoms with Crippen LogP contribution in [-0.4, -0.2) is 19.9 Å². The van der Waals surface area contributed by atoms with Gasteiger partial charge in [0, 0.05) is 57.5 Å². The highest BCUT2D eigenvalue weighted by molar-refractivity contribution is 5.87. The minimum atomic E-state index is -0.411. The molecule has 5 heteroatoms. The predicted octanol–water partition coefficient (Wildman–Crippen LogP) is 15.3. The van der Waals surface area contributed by atoms with E-state index in [1.165, 1.54) is 33.4 Å². The van der Waals surface area contributed by atoms with Gasteiger partial charge in [0.15, 0.2) is 17.5 Å². The number of nitrogens with zero attached hydrogens (tertiary/aromatic N) is 5. The van der Waals surface area contributed by atoms with Gasteiger partial charge in [0.05, 0.1) is 5.41 Å². The highest BCUT2D eigenvalue weighted by Crippen LogP contribution is 2.71. The lowest BCUT2D eigenvalue weighted by Gasteiger charge is -2.46. The van der Waals surface area contributed by atoms with Crippen LogP contribution >= 0.6 is 0 Å². The van der Waals surface area contributed by atoms with Crippen LogP contribution < -0.4 is 4.90 Å². The second-order valence-electron chi connectivity index (χ2n) is 18.4. The van der Waals surface area contributed by atoms with Crippen LogP contribution in [0.3, 0.4) is 0 Å². The van der Waals surface area contributed by atoms with Crippen molar-refractivity contribution in [3.63, 3.8) is 0 Å². The van der Waals surface area contributed by atoms with Gasteiger partial charge in [-0.25, -0.2) is 15.0 Å². The highest BCUT2D eigenvalue weighted by atomic mass is 15.1. The summed E-state index contributed by atoms with van der Waals surface area (Å²) < 4.78 is 0. The van der Waals surface area contributed by atoms with Gasteiger partial charge in [-0.15, -0.1) is 0 Å². The molecule has 0 N–H and O–H groups in total. The van der Waals surface area contributed by atoms with Crippen LogP contribution in [0.15, 0.2) is 255 Å². The molecular formula is C64H45N5. The van der Waals surface area contributed by atoms with Crippen molar-refractivity contribution in [1.82, 2.24) is 19.9 Å². The standard InChI is InChI=1S/C64H45N5/c1-63-41-52(36-37-56(63)55-28-10-13-31-59(55)64(63)57-29-11-8-26-53(57)54-27-9-12-30-58(54)64)69(50-34-32-43(33-35-50)49-24-16-38-65-42-49)51-25-15-22-47(40-51)46-21-14-23-48(39-46)62-67-60(44-17-4-2-5-18-44)66-61(68-62)45-19-6-3-7-20-45/h2-42,56H,1H3. The average molecular weight is 884 g/mol. The van der Waals surface area contributed by atoms with Crippen LogP contribution in [-0.2, 0) is 5.41 Å². The number of benzene rings is 8. The molecule has 5 nitrogen and oxygen atoms in total. The zero-order valence-corrected chi connectivity index (χ0v) is 38.0. The molecule has 0 fully saturated rings. The van der Waals surface area contributed by atoms with Crippen LogP contribution in [0, 0.1) is 5.41 Å². The van der Waals surface area contributed by atoms with Crippen molar-refractivity contribution in [2.45, 2.75) is 18.3 Å². The second-order valence-corrected chi connectivity index (χ2v) is 18.4. The van der Waals surface area contributed by atoms with Crippen LogP contribution in [0.5, 0.6) is 0 Å². The summed E-state index contributed by atoms with van der Waals surface area (Å²) >= 11 is 0. The van der Waals surface area contributed by atoms with Gasteiger partial charge < -0.3 is 4.90 Å². The summed E-state index contributed by atoms with van der Waals surface area (Å²) in [4.78, 5) is 21.9. The molecule has 3 aliphatic carbocycles. The zero-order chi connectivity index (χ0) is 45.9. The van der Waals surface area contributed by atoms with E-state index in [1.807, 2.05) is 79.1 Å². The first-order valence-electron chi connectivity index (χ1n) is 23.7. The Morgan fingerprint density at radius 3 is 1.61 bits per heavy atom. The maximum atomic E-state index is 5.07. The Morgan fingerprint density at radius 2 is 0.957 bits per heavy atom. The Hall–Kier alpha value is -8.80. The Labute approximate surface area is 402 Å². The number of fused-ring (bicyclic) bond motifs is 10. The van der Waals surface area contributed by atoms with Gasteiger partial charge in [0.25, 0.3) is 0 Å². The summed E-state index contributed by atoms with van der Waals surface area (Å²) in [5, 5.41) is 0. The van der Waals surface area contributed by atoms with Gasteiger partial charge in [0.2, 0.25) is 0 Å². The van der Waals surface area contributed by atoms with Crippen LogP contribution in [0.4, 0.5) is 11.4 Å². The fourth-order valence-corrected chi connectivity index (χ4v) is 11.6. The minimum Gasteiger partial charge on any atom is -0.311 e. The lowest BCUT2D eigenvalue weighted by Crippen LogP contribution is -2.43. The van der Waals surface area contributed by atoms with Gasteiger partial charge in [-0.05, 0) is 98.1 Å². The third-order valence-corrected chi connectivity index (χ3v) is 14.6. The second kappa shape index (κ2) is 16.2. The molecule has 1 spiro atoms. The number of aromatic nitrogens is 4. The Balaban J connectivity index is 0.961. The van der Waals surface area contributed by atoms with Crippen molar-refractivity contribution in [2.75, 3.05) is 4.90 Å². The Morgan fingerprint density at radius 1 is 0.420 bits per heavy atom. The van der Waals surface area contributed by atoms with E-state index in [2.05, 4.69) is 187 Å². The summed E-state index contributed by atoms with van der Waals surface area (Å²) in [6.45, 7) is 2.50. The summed E-state index contributed by atoms with van der Waals surface area (Å²) in [5.41, 5.74) is 17.7. The van der Waals surface area contributed by atoms with E-state index >= 15 is 0 Å². The van der Waals surface area contributed by atoms with E-state index in [0.717, 1.165) is 56.0 Å². The van der Waals surface area contributed by atoms with E-state index in [1.54, 1.807) is 0 Å². The third kappa shape index (κ3) is 6.46. The first-order valence-corrected chi connectivity index (χ1v) is 23.7. The summed E-state index contributed by atoms with van der Waals surface area (Å²) in [6.07, 6.45) is 11.2. The molecule has 8 aromatic carbocycles. The molecule has 3 aliphatic rings. The summed E-state index contributed by atoms with van der Waals surface area (Å²) in [6, 6.07) is 78.1. The highest BCUT2D eigenvalue weighted by Gasteiger charge is 2.64. The summed E-state index contributed by atoms with van der Waals surface area (Å²) in [5.74, 6) is 2.05. The lowest BCUT2D eigenvalue weighted by atomic mass is 9.56. The number of anilines is 2. The maximum absolute atomic E-state index is 5.07. The lowest BCUT2D eigenvalue weighted by molar-refractivity contribution is 0.291. The van der Waals surface area contributed by atoms with Crippen molar-refractivity contribution in [3.8, 4) is 67.5 Å². The van der Waals surface area contributed by atoms with Gasteiger partial charge in [-0.3, -0.25) is 4.98 Å².